The number of rotatable bonds is 6. The summed E-state index contributed by atoms with van der Waals surface area (Å²) in [4.78, 5) is 7.11. The summed E-state index contributed by atoms with van der Waals surface area (Å²) in [6, 6.07) is 0.514. The third-order valence-electron chi connectivity index (χ3n) is 4.50. The molecule has 19 heavy (non-hydrogen) atoms. The molecule has 0 aromatic carbocycles. The van der Waals surface area contributed by atoms with Gasteiger partial charge in [0.15, 0.2) is 0 Å². The van der Waals surface area contributed by atoms with Crippen molar-refractivity contribution in [2.45, 2.75) is 57.5 Å². The van der Waals surface area contributed by atoms with Gasteiger partial charge in [0.2, 0.25) is 0 Å². The first-order chi connectivity index (χ1) is 9.08. The number of likely N-dealkylation sites (N-methyl/N-ethyl adjacent to an activating group) is 2. The van der Waals surface area contributed by atoms with Crippen LogP contribution in [-0.4, -0.2) is 42.1 Å². The van der Waals surface area contributed by atoms with Crippen LogP contribution in [-0.2, 0) is 6.42 Å². The Labute approximate surface area is 121 Å². The monoisotopic (exact) mass is 281 g/mol. The molecule has 1 aliphatic rings. The molecule has 1 N–H and O–H groups in total. The molecule has 0 amide bonds. The second-order valence-electron chi connectivity index (χ2n) is 5.90. The highest BCUT2D eigenvalue weighted by Gasteiger charge is 2.42. The van der Waals surface area contributed by atoms with Gasteiger partial charge in [-0.25, -0.2) is 4.98 Å². The number of hydrogen-bond donors (Lipinski definition) is 1. The summed E-state index contributed by atoms with van der Waals surface area (Å²) in [5.41, 5.74) is 1.47. The normalized spacial score (nSPS) is 20.1. The van der Waals surface area contributed by atoms with E-state index in [1.807, 2.05) is 0 Å². The molecule has 2 rings (SSSR count). The summed E-state index contributed by atoms with van der Waals surface area (Å²) >= 11 is 1.80. The van der Waals surface area contributed by atoms with Crippen molar-refractivity contribution in [1.82, 2.24) is 15.2 Å². The van der Waals surface area contributed by atoms with Crippen molar-refractivity contribution in [1.29, 1.82) is 0 Å². The SMILES string of the molecule is CCNC(Cc1nc(C)cs1)C1(N(C)C)CCCC1. The van der Waals surface area contributed by atoms with Gasteiger partial charge in [-0.2, -0.15) is 0 Å². The number of aryl methyl sites for hydroxylation is 1. The van der Waals surface area contributed by atoms with Gasteiger partial charge in [0.05, 0.1) is 5.01 Å². The number of thiazole rings is 1. The van der Waals surface area contributed by atoms with Gasteiger partial charge < -0.3 is 10.2 Å². The van der Waals surface area contributed by atoms with Crippen LogP contribution in [0.5, 0.6) is 0 Å². The smallest absolute Gasteiger partial charge is 0.0944 e. The molecule has 1 fully saturated rings. The van der Waals surface area contributed by atoms with Gasteiger partial charge >= 0.3 is 0 Å². The van der Waals surface area contributed by atoms with E-state index in [4.69, 9.17) is 0 Å². The molecule has 1 atom stereocenters. The Hall–Kier alpha value is -0.450. The Morgan fingerprint density at radius 1 is 1.42 bits per heavy atom. The minimum absolute atomic E-state index is 0.315. The summed E-state index contributed by atoms with van der Waals surface area (Å²) in [6.07, 6.45) is 6.39. The summed E-state index contributed by atoms with van der Waals surface area (Å²) < 4.78 is 0. The Morgan fingerprint density at radius 2 is 2.11 bits per heavy atom. The Morgan fingerprint density at radius 3 is 2.58 bits per heavy atom. The standard InChI is InChI=1S/C15H27N3S/c1-5-16-13(10-14-17-12(2)11-19-14)15(18(3)4)8-6-7-9-15/h11,13,16H,5-10H2,1-4H3. The first-order valence-electron chi connectivity index (χ1n) is 7.40. The van der Waals surface area contributed by atoms with Crippen LogP contribution in [0.1, 0.15) is 43.3 Å². The molecule has 0 saturated heterocycles. The van der Waals surface area contributed by atoms with Gasteiger partial charge in [-0.1, -0.05) is 19.8 Å². The Balaban J connectivity index is 2.18. The van der Waals surface area contributed by atoms with Crippen molar-refractivity contribution in [3.8, 4) is 0 Å². The van der Waals surface area contributed by atoms with Crippen LogP contribution in [0.25, 0.3) is 0 Å². The lowest BCUT2D eigenvalue weighted by molar-refractivity contribution is 0.105. The fraction of sp³-hybridized carbons (Fsp3) is 0.800. The molecule has 108 valence electrons. The second-order valence-corrected chi connectivity index (χ2v) is 6.84. The number of nitrogens with zero attached hydrogens (tertiary/aromatic N) is 2. The molecule has 1 aromatic heterocycles. The molecule has 1 aliphatic carbocycles. The molecule has 1 heterocycles. The van der Waals surface area contributed by atoms with E-state index in [1.165, 1.54) is 30.7 Å². The molecular weight excluding hydrogens is 254 g/mol. The third kappa shape index (κ3) is 3.18. The average molecular weight is 281 g/mol. The van der Waals surface area contributed by atoms with Gasteiger partial charge in [0.1, 0.15) is 0 Å². The van der Waals surface area contributed by atoms with E-state index in [9.17, 15) is 0 Å². The van der Waals surface area contributed by atoms with E-state index in [0.29, 0.717) is 11.6 Å². The zero-order chi connectivity index (χ0) is 13.9. The lowest BCUT2D eigenvalue weighted by atomic mass is 9.84. The van der Waals surface area contributed by atoms with Gasteiger partial charge in [0.25, 0.3) is 0 Å². The largest absolute Gasteiger partial charge is 0.312 e. The lowest BCUT2D eigenvalue weighted by Gasteiger charge is -2.43. The van der Waals surface area contributed by atoms with E-state index in [2.05, 4.69) is 48.5 Å². The van der Waals surface area contributed by atoms with Crippen LogP contribution in [0.15, 0.2) is 5.38 Å². The molecule has 1 aromatic rings. The summed E-state index contributed by atoms with van der Waals surface area (Å²) in [6.45, 7) is 5.32. The fourth-order valence-corrected chi connectivity index (χ4v) is 4.28. The number of hydrogen-bond acceptors (Lipinski definition) is 4. The van der Waals surface area contributed by atoms with Crippen molar-refractivity contribution in [3.63, 3.8) is 0 Å². The molecule has 0 radical (unpaired) electrons. The van der Waals surface area contributed by atoms with Crippen LogP contribution >= 0.6 is 11.3 Å². The molecule has 0 spiro atoms. The molecule has 3 nitrogen and oxygen atoms in total. The highest BCUT2D eigenvalue weighted by molar-refractivity contribution is 7.09. The predicted octanol–water partition coefficient (Wildman–Crippen LogP) is 2.85. The summed E-state index contributed by atoms with van der Waals surface area (Å²) in [5.74, 6) is 0. The first kappa shape index (κ1) is 14.9. The lowest BCUT2D eigenvalue weighted by Crippen LogP contribution is -2.58. The van der Waals surface area contributed by atoms with Gasteiger partial charge in [-0.3, -0.25) is 0 Å². The molecule has 1 saturated carbocycles. The minimum atomic E-state index is 0.315. The summed E-state index contributed by atoms with van der Waals surface area (Å²) in [5, 5.41) is 7.17. The highest BCUT2D eigenvalue weighted by atomic mass is 32.1. The highest BCUT2D eigenvalue weighted by Crippen LogP contribution is 2.38. The van der Waals surface area contributed by atoms with Crippen LogP contribution in [0.3, 0.4) is 0 Å². The number of nitrogens with one attached hydrogen (secondary N) is 1. The second kappa shape index (κ2) is 6.33. The fourth-order valence-electron chi connectivity index (χ4n) is 3.46. The van der Waals surface area contributed by atoms with Gasteiger partial charge in [-0.05, 0) is 40.4 Å². The van der Waals surface area contributed by atoms with E-state index >= 15 is 0 Å². The van der Waals surface area contributed by atoms with Crippen molar-refractivity contribution < 1.29 is 0 Å². The van der Waals surface area contributed by atoms with Crippen LogP contribution in [0.2, 0.25) is 0 Å². The maximum atomic E-state index is 4.65. The molecule has 1 unspecified atom stereocenters. The Kier molecular flexibility index (Phi) is 4.98. The van der Waals surface area contributed by atoms with E-state index < -0.39 is 0 Å². The maximum Gasteiger partial charge on any atom is 0.0944 e. The van der Waals surface area contributed by atoms with Crippen LogP contribution in [0, 0.1) is 6.92 Å². The van der Waals surface area contributed by atoms with E-state index in [1.54, 1.807) is 11.3 Å². The quantitative estimate of drug-likeness (QED) is 0.869. The van der Waals surface area contributed by atoms with E-state index in [-0.39, 0.29) is 0 Å². The zero-order valence-electron chi connectivity index (χ0n) is 12.7. The number of aromatic nitrogens is 1. The van der Waals surface area contributed by atoms with Crippen molar-refractivity contribution in [2.24, 2.45) is 0 Å². The topological polar surface area (TPSA) is 28.2 Å². The molecule has 0 aliphatic heterocycles. The predicted molar refractivity (Wildman–Crippen MR) is 82.9 cm³/mol. The van der Waals surface area contributed by atoms with Crippen LogP contribution < -0.4 is 5.32 Å². The molecule has 4 heteroatoms. The molecular formula is C15H27N3S. The summed E-state index contributed by atoms with van der Waals surface area (Å²) in [7, 11) is 4.48. The van der Waals surface area contributed by atoms with Crippen LogP contribution in [0.4, 0.5) is 0 Å². The average Bonchev–Trinajstić information content (AvgIpc) is 2.98. The first-order valence-corrected chi connectivity index (χ1v) is 8.28. The maximum absolute atomic E-state index is 4.65. The third-order valence-corrected chi connectivity index (χ3v) is 5.49. The van der Waals surface area contributed by atoms with Gasteiger partial charge in [-0.15, -0.1) is 11.3 Å². The van der Waals surface area contributed by atoms with Crippen molar-refractivity contribution in [3.05, 3.63) is 16.1 Å². The minimum Gasteiger partial charge on any atom is -0.312 e. The van der Waals surface area contributed by atoms with Gasteiger partial charge in [0, 0.05) is 29.1 Å². The van der Waals surface area contributed by atoms with E-state index in [0.717, 1.165) is 18.7 Å². The van der Waals surface area contributed by atoms with Crippen molar-refractivity contribution >= 4 is 11.3 Å². The molecule has 0 bridgehead atoms. The zero-order valence-corrected chi connectivity index (χ0v) is 13.5. The van der Waals surface area contributed by atoms with Crippen molar-refractivity contribution in [2.75, 3.05) is 20.6 Å². The Bertz CT molecular complexity index is 394.